The van der Waals surface area contributed by atoms with Crippen LogP contribution < -0.4 is 10.6 Å². The summed E-state index contributed by atoms with van der Waals surface area (Å²) in [6.45, 7) is 1.49. The van der Waals surface area contributed by atoms with E-state index in [4.69, 9.17) is 0 Å². The fourth-order valence-electron chi connectivity index (χ4n) is 2.10. The molecule has 0 spiro atoms. The second-order valence-electron chi connectivity index (χ2n) is 5.03. The average molecular weight is 477 g/mol. The van der Waals surface area contributed by atoms with Crippen molar-refractivity contribution in [2.45, 2.75) is 12.2 Å². The molecule has 0 fully saturated rings. The molecular weight excluding hydrogens is 453 g/mol. The minimum Gasteiger partial charge on any atom is -0.356 e. The molecule has 132 valence electrons. The van der Waals surface area contributed by atoms with Crippen LogP contribution >= 0.6 is 35.3 Å². The molecule has 7 heteroatoms. The number of rotatable bonds is 8. The predicted molar refractivity (Wildman–Crippen MR) is 116 cm³/mol. The van der Waals surface area contributed by atoms with Crippen molar-refractivity contribution >= 4 is 52.1 Å². The Balaban J connectivity index is 0.00000288. The number of thiophene rings is 1. The van der Waals surface area contributed by atoms with Gasteiger partial charge in [-0.1, -0.05) is 36.4 Å². The molecule has 1 heterocycles. The number of halogens is 1. The monoisotopic (exact) mass is 477 g/mol. The van der Waals surface area contributed by atoms with Gasteiger partial charge in [-0.25, -0.2) is 0 Å². The maximum absolute atomic E-state index is 12.1. The highest BCUT2D eigenvalue weighted by Gasteiger charge is 2.03. The van der Waals surface area contributed by atoms with E-state index < -0.39 is 10.8 Å². The predicted octanol–water partition coefficient (Wildman–Crippen LogP) is 3.02. The summed E-state index contributed by atoms with van der Waals surface area (Å²) in [6.07, 6.45) is 0.984. The van der Waals surface area contributed by atoms with Crippen molar-refractivity contribution < 1.29 is 4.21 Å². The van der Waals surface area contributed by atoms with Crippen LogP contribution in [0.4, 0.5) is 0 Å². The summed E-state index contributed by atoms with van der Waals surface area (Å²) < 4.78 is 12.1. The van der Waals surface area contributed by atoms with Crippen LogP contribution in [0.1, 0.15) is 10.4 Å². The van der Waals surface area contributed by atoms with Crippen LogP contribution in [-0.4, -0.2) is 36.1 Å². The second-order valence-corrected chi connectivity index (χ2v) is 7.64. The molecule has 0 aliphatic carbocycles. The zero-order chi connectivity index (χ0) is 16.3. The van der Waals surface area contributed by atoms with Gasteiger partial charge in [0, 0.05) is 47.3 Å². The molecule has 1 aromatic carbocycles. The molecule has 1 atom stereocenters. The van der Waals surface area contributed by atoms with Crippen molar-refractivity contribution in [3.05, 3.63) is 58.3 Å². The highest BCUT2D eigenvalue weighted by Crippen LogP contribution is 2.08. The van der Waals surface area contributed by atoms with Gasteiger partial charge in [-0.05, 0) is 23.4 Å². The second kappa shape index (κ2) is 12.4. The summed E-state index contributed by atoms with van der Waals surface area (Å²) in [4.78, 5) is 5.54. The third kappa shape index (κ3) is 8.25. The van der Waals surface area contributed by atoms with E-state index in [1.54, 1.807) is 18.4 Å². The largest absolute Gasteiger partial charge is 0.356 e. The van der Waals surface area contributed by atoms with Crippen LogP contribution in [0, 0.1) is 0 Å². The average Bonchev–Trinajstić information content (AvgIpc) is 3.07. The lowest BCUT2D eigenvalue weighted by atomic mass is 10.2. The van der Waals surface area contributed by atoms with Crippen LogP contribution in [0.2, 0.25) is 0 Å². The van der Waals surface area contributed by atoms with Gasteiger partial charge in [0.25, 0.3) is 0 Å². The Morgan fingerprint density at radius 1 is 1.12 bits per heavy atom. The van der Waals surface area contributed by atoms with Gasteiger partial charge in [0.1, 0.15) is 0 Å². The van der Waals surface area contributed by atoms with Crippen molar-refractivity contribution in [3.8, 4) is 0 Å². The van der Waals surface area contributed by atoms with E-state index in [2.05, 4.69) is 33.1 Å². The molecule has 1 aromatic heterocycles. The lowest BCUT2D eigenvalue weighted by molar-refractivity contribution is 0.680. The van der Waals surface area contributed by atoms with Gasteiger partial charge in [-0.2, -0.15) is 0 Å². The Bertz CT molecular complexity index is 618. The van der Waals surface area contributed by atoms with E-state index in [-0.39, 0.29) is 24.0 Å². The normalized spacial score (nSPS) is 12.3. The van der Waals surface area contributed by atoms with E-state index in [1.165, 1.54) is 4.88 Å². The number of hydrogen-bond donors (Lipinski definition) is 2. The molecule has 2 N–H and O–H groups in total. The fraction of sp³-hybridized carbons (Fsp3) is 0.353. The fourth-order valence-corrected chi connectivity index (χ4v) is 3.84. The first-order valence-corrected chi connectivity index (χ1v) is 10.0. The zero-order valence-corrected chi connectivity index (χ0v) is 17.7. The van der Waals surface area contributed by atoms with Crippen LogP contribution in [0.15, 0.2) is 52.8 Å². The minimum atomic E-state index is -0.863. The third-order valence-corrected chi connectivity index (χ3v) is 5.51. The summed E-state index contributed by atoms with van der Waals surface area (Å²) in [5.41, 5.74) is 1.12. The lowest BCUT2D eigenvalue weighted by Gasteiger charge is -2.11. The van der Waals surface area contributed by atoms with Crippen LogP contribution in [-0.2, 0) is 23.0 Å². The van der Waals surface area contributed by atoms with Gasteiger partial charge >= 0.3 is 0 Å². The van der Waals surface area contributed by atoms with E-state index in [1.807, 2.05) is 30.3 Å². The summed E-state index contributed by atoms with van der Waals surface area (Å²) in [5, 5.41) is 8.58. The van der Waals surface area contributed by atoms with Gasteiger partial charge in [0.15, 0.2) is 5.96 Å². The van der Waals surface area contributed by atoms with Crippen molar-refractivity contribution in [1.82, 2.24) is 10.6 Å². The first-order chi connectivity index (χ1) is 11.3. The molecule has 0 saturated heterocycles. The molecule has 2 aromatic rings. The first kappa shape index (κ1) is 21.1. The van der Waals surface area contributed by atoms with Crippen LogP contribution in [0.25, 0.3) is 0 Å². The SMILES string of the molecule is CN=C(NCCc1cccs1)NCCS(=O)Cc1ccccc1.I. The smallest absolute Gasteiger partial charge is 0.191 e. The standard InChI is InChI=1S/C17H23N3OS2.HI/c1-18-17(19-10-9-16-8-5-12-22-16)20-11-13-23(21)14-15-6-3-2-4-7-15;/h2-8,12H,9-11,13-14H2,1H3,(H2,18,19,20);1H. The van der Waals surface area contributed by atoms with E-state index in [9.17, 15) is 4.21 Å². The Hall–Kier alpha value is -0.930. The molecule has 0 aliphatic rings. The topological polar surface area (TPSA) is 53.5 Å². The maximum Gasteiger partial charge on any atom is 0.191 e. The molecule has 0 aliphatic heterocycles. The number of nitrogens with one attached hydrogen (secondary N) is 2. The third-order valence-electron chi connectivity index (χ3n) is 3.26. The molecule has 2 rings (SSSR count). The summed E-state index contributed by atoms with van der Waals surface area (Å²) in [7, 11) is 0.888. The minimum absolute atomic E-state index is 0. The van der Waals surface area contributed by atoms with Gasteiger partial charge in [0.2, 0.25) is 0 Å². The van der Waals surface area contributed by atoms with Crippen molar-refractivity contribution in [2.75, 3.05) is 25.9 Å². The number of benzene rings is 1. The van der Waals surface area contributed by atoms with Crippen molar-refractivity contribution in [1.29, 1.82) is 0 Å². The van der Waals surface area contributed by atoms with E-state index in [0.717, 1.165) is 24.5 Å². The van der Waals surface area contributed by atoms with Crippen molar-refractivity contribution in [2.24, 2.45) is 4.99 Å². The molecule has 0 radical (unpaired) electrons. The lowest BCUT2D eigenvalue weighted by Crippen LogP contribution is -2.40. The number of nitrogens with zero attached hydrogens (tertiary/aromatic N) is 1. The molecule has 4 nitrogen and oxygen atoms in total. The zero-order valence-electron chi connectivity index (χ0n) is 13.7. The Labute approximate surface area is 167 Å². The Morgan fingerprint density at radius 3 is 2.54 bits per heavy atom. The first-order valence-electron chi connectivity index (χ1n) is 7.63. The highest BCUT2D eigenvalue weighted by atomic mass is 127. The van der Waals surface area contributed by atoms with Crippen LogP contribution in [0.5, 0.6) is 0 Å². The van der Waals surface area contributed by atoms with E-state index >= 15 is 0 Å². The number of aliphatic imine (C=N–C) groups is 1. The van der Waals surface area contributed by atoms with Gasteiger partial charge in [-0.15, -0.1) is 35.3 Å². The quantitative estimate of drug-likeness (QED) is 0.349. The number of guanidine groups is 1. The Kier molecular flexibility index (Phi) is 10.9. The van der Waals surface area contributed by atoms with Gasteiger partial charge in [0.05, 0.1) is 0 Å². The van der Waals surface area contributed by atoms with Crippen molar-refractivity contribution in [3.63, 3.8) is 0 Å². The summed E-state index contributed by atoms with van der Waals surface area (Å²) in [6, 6.07) is 14.1. The summed E-state index contributed by atoms with van der Waals surface area (Å²) >= 11 is 1.76. The maximum atomic E-state index is 12.1. The molecule has 0 amide bonds. The van der Waals surface area contributed by atoms with E-state index in [0.29, 0.717) is 18.1 Å². The molecule has 0 saturated carbocycles. The Morgan fingerprint density at radius 2 is 1.88 bits per heavy atom. The molecule has 0 bridgehead atoms. The molecular formula is C17H24IN3OS2. The number of hydrogen-bond acceptors (Lipinski definition) is 3. The molecule has 1 unspecified atom stereocenters. The van der Waals surface area contributed by atoms with Gasteiger partial charge in [-0.3, -0.25) is 9.20 Å². The van der Waals surface area contributed by atoms with Gasteiger partial charge < -0.3 is 10.6 Å². The molecule has 24 heavy (non-hydrogen) atoms. The van der Waals surface area contributed by atoms with Crippen LogP contribution in [0.3, 0.4) is 0 Å². The highest BCUT2D eigenvalue weighted by molar-refractivity contribution is 14.0. The summed E-state index contributed by atoms with van der Waals surface area (Å²) in [5.74, 6) is 1.98.